The van der Waals surface area contributed by atoms with Gasteiger partial charge in [0.15, 0.2) is 6.10 Å². The Labute approximate surface area is 97.6 Å². The van der Waals surface area contributed by atoms with Gasteiger partial charge in [0.2, 0.25) is 5.95 Å². The minimum absolute atomic E-state index is 0.127. The van der Waals surface area contributed by atoms with Crippen LogP contribution in [0.15, 0.2) is 6.07 Å². The predicted molar refractivity (Wildman–Crippen MR) is 59.0 cm³/mol. The fourth-order valence-electron chi connectivity index (χ4n) is 1.52. The van der Waals surface area contributed by atoms with Crippen molar-refractivity contribution in [2.75, 3.05) is 30.3 Å². The molecule has 0 saturated carbocycles. The first-order valence-electron chi connectivity index (χ1n) is 4.75. The molecule has 7 heteroatoms. The Morgan fingerprint density at radius 2 is 2.44 bits per heavy atom. The Morgan fingerprint density at radius 1 is 1.62 bits per heavy atom. The molecule has 0 radical (unpaired) electrons. The zero-order chi connectivity index (χ0) is 11.5. The summed E-state index contributed by atoms with van der Waals surface area (Å²) in [4.78, 5) is 9.75. The van der Waals surface area contributed by atoms with Crippen molar-refractivity contribution in [2.45, 2.75) is 6.10 Å². The molecule has 84 valence electrons. The first-order chi connectivity index (χ1) is 7.69. The van der Waals surface area contributed by atoms with Crippen molar-refractivity contribution >= 4 is 23.4 Å². The van der Waals surface area contributed by atoms with Crippen molar-refractivity contribution in [2.24, 2.45) is 0 Å². The second-order valence-corrected chi connectivity index (χ2v) is 3.73. The second-order valence-electron chi connectivity index (χ2n) is 3.34. The molecular weight excluding hydrogens is 230 g/mol. The van der Waals surface area contributed by atoms with Gasteiger partial charge in [0.1, 0.15) is 11.0 Å². The van der Waals surface area contributed by atoms with Crippen LogP contribution in [0.3, 0.4) is 0 Å². The molecule has 0 amide bonds. The summed E-state index contributed by atoms with van der Waals surface area (Å²) in [7, 11) is 0. The molecule has 0 aromatic carbocycles. The normalized spacial score (nSPS) is 20.5. The average molecular weight is 240 g/mol. The van der Waals surface area contributed by atoms with Gasteiger partial charge in [0.25, 0.3) is 0 Å². The summed E-state index contributed by atoms with van der Waals surface area (Å²) in [6.45, 7) is 1.61. The first-order valence-corrected chi connectivity index (χ1v) is 5.13. The van der Waals surface area contributed by atoms with Gasteiger partial charge in [-0.05, 0) is 0 Å². The average Bonchev–Trinajstić information content (AvgIpc) is 2.28. The molecule has 0 aliphatic carbocycles. The highest BCUT2D eigenvalue weighted by molar-refractivity contribution is 6.29. The lowest BCUT2D eigenvalue weighted by Gasteiger charge is -2.30. The van der Waals surface area contributed by atoms with E-state index in [9.17, 15) is 0 Å². The van der Waals surface area contributed by atoms with Gasteiger partial charge in [-0.1, -0.05) is 11.6 Å². The summed E-state index contributed by atoms with van der Waals surface area (Å²) in [5.41, 5.74) is 5.50. The number of hydrogen-bond acceptors (Lipinski definition) is 6. The van der Waals surface area contributed by atoms with Crippen molar-refractivity contribution < 1.29 is 4.74 Å². The lowest BCUT2D eigenvalue weighted by atomic mass is 10.3. The van der Waals surface area contributed by atoms with Gasteiger partial charge in [-0.25, -0.2) is 4.98 Å². The highest BCUT2D eigenvalue weighted by Gasteiger charge is 2.21. The summed E-state index contributed by atoms with van der Waals surface area (Å²) in [5.74, 6) is 0.753. The maximum atomic E-state index is 8.78. The number of morpholine rings is 1. The van der Waals surface area contributed by atoms with Gasteiger partial charge in [-0.15, -0.1) is 0 Å². The lowest BCUT2D eigenvalue weighted by Crippen LogP contribution is -2.42. The van der Waals surface area contributed by atoms with Crippen LogP contribution in [0, 0.1) is 11.3 Å². The smallest absolute Gasteiger partial charge is 0.223 e. The number of hydrogen-bond donors (Lipinski definition) is 1. The Hall–Kier alpha value is -1.58. The Balaban J connectivity index is 2.20. The van der Waals surface area contributed by atoms with E-state index in [4.69, 9.17) is 27.3 Å². The third-order valence-electron chi connectivity index (χ3n) is 2.23. The molecular formula is C9H10ClN5O. The lowest BCUT2D eigenvalue weighted by molar-refractivity contribution is 0.0761. The number of anilines is 2. The molecule has 2 N–H and O–H groups in total. The van der Waals surface area contributed by atoms with E-state index in [1.807, 2.05) is 4.90 Å². The molecule has 1 aromatic rings. The van der Waals surface area contributed by atoms with Crippen molar-refractivity contribution in [3.05, 3.63) is 11.2 Å². The molecule has 1 saturated heterocycles. The van der Waals surface area contributed by atoms with Gasteiger partial charge in [-0.2, -0.15) is 10.2 Å². The standard InChI is InChI=1S/C9H10ClN5O/c10-7-3-8(14-9(12)13-7)15-1-2-16-6(4-11)5-15/h3,6H,1-2,5H2,(H2,12,13,14). The van der Waals surface area contributed by atoms with Crippen LogP contribution in [0.5, 0.6) is 0 Å². The molecule has 2 rings (SSSR count). The number of nitrogen functional groups attached to an aromatic ring is 1. The van der Waals surface area contributed by atoms with Crippen LogP contribution in [0.2, 0.25) is 5.15 Å². The molecule has 1 fully saturated rings. The van der Waals surface area contributed by atoms with E-state index in [1.54, 1.807) is 6.07 Å². The summed E-state index contributed by atoms with van der Waals surface area (Å²) in [6, 6.07) is 3.68. The third-order valence-corrected chi connectivity index (χ3v) is 2.43. The van der Waals surface area contributed by atoms with Crippen LogP contribution in [0.4, 0.5) is 11.8 Å². The topological polar surface area (TPSA) is 88.1 Å². The molecule has 0 bridgehead atoms. The number of nitrogens with zero attached hydrogens (tertiary/aromatic N) is 4. The van der Waals surface area contributed by atoms with Crippen LogP contribution >= 0.6 is 11.6 Å². The number of ether oxygens (including phenoxy) is 1. The van der Waals surface area contributed by atoms with E-state index in [0.29, 0.717) is 30.7 Å². The molecule has 16 heavy (non-hydrogen) atoms. The minimum atomic E-state index is -0.441. The predicted octanol–water partition coefficient (Wildman–Crippen LogP) is 0.441. The SMILES string of the molecule is N#CC1CN(c2cc(Cl)nc(N)n2)CCO1. The molecule has 1 aromatic heterocycles. The van der Waals surface area contributed by atoms with Gasteiger partial charge >= 0.3 is 0 Å². The molecule has 1 aliphatic heterocycles. The van der Waals surface area contributed by atoms with E-state index in [-0.39, 0.29) is 5.95 Å². The number of aromatic nitrogens is 2. The first kappa shape index (κ1) is 10.9. The fraction of sp³-hybridized carbons (Fsp3) is 0.444. The Bertz CT molecular complexity index is 412. The Morgan fingerprint density at radius 3 is 3.12 bits per heavy atom. The molecule has 1 aliphatic rings. The summed E-state index contributed by atoms with van der Waals surface area (Å²) in [5, 5.41) is 9.07. The maximum Gasteiger partial charge on any atom is 0.223 e. The second kappa shape index (κ2) is 4.51. The minimum Gasteiger partial charge on any atom is -0.368 e. The largest absolute Gasteiger partial charge is 0.368 e. The molecule has 6 nitrogen and oxygen atoms in total. The van der Waals surface area contributed by atoms with E-state index >= 15 is 0 Å². The van der Waals surface area contributed by atoms with Crippen molar-refractivity contribution in [1.82, 2.24) is 9.97 Å². The van der Waals surface area contributed by atoms with Crippen LogP contribution in [-0.2, 0) is 4.74 Å². The fourth-order valence-corrected chi connectivity index (χ4v) is 1.70. The third kappa shape index (κ3) is 2.32. The van der Waals surface area contributed by atoms with Crippen molar-refractivity contribution in [3.63, 3.8) is 0 Å². The maximum absolute atomic E-state index is 8.78. The van der Waals surface area contributed by atoms with E-state index in [1.165, 1.54) is 0 Å². The highest BCUT2D eigenvalue weighted by Crippen LogP contribution is 2.19. The summed E-state index contributed by atoms with van der Waals surface area (Å²) >= 11 is 5.79. The van der Waals surface area contributed by atoms with Crippen LogP contribution in [-0.4, -0.2) is 35.8 Å². The van der Waals surface area contributed by atoms with E-state index < -0.39 is 6.10 Å². The van der Waals surface area contributed by atoms with Crippen LogP contribution in [0.1, 0.15) is 0 Å². The van der Waals surface area contributed by atoms with E-state index in [0.717, 1.165) is 0 Å². The van der Waals surface area contributed by atoms with E-state index in [2.05, 4.69) is 16.0 Å². The summed E-state index contributed by atoms with van der Waals surface area (Å²) < 4.78 is 5.23. The van der Waals surface area contributed by atoms with Gasteiger partial charge in [0.05, 0.1) is 19.2 Å². The molecule has 0 spiro atoms. The number of halogens is 1. The number of rotatable bonds is 1. The van der Waals surface area contributed by atoms with Gasteiger partial charge in [0, 0.05) is 12.6 Å². The van der Waals surface area contributed by atoms with Crippen molar-refractivity contribution in [1.29, 1.82) is 5.26 Å². The highest BCUT2D eigenvalue weighted by atomic mass is 35.5. The molecule has 1 atom stereocenters. The molecule has 2 heterocycles. The number of nitriles is 1. The van der Waals surface area contributed by atoms with Crippen LogP contribution < -0.4 is 10.6 Å². The zero-order valence-corrected chi connectivity index (χ0v) is 9.18. The van der Waals surface area contributed by atoms with Crippen LogP contribution in [0.25, 0.3) is 0 Å². The van der Waals surface area contributed by atoms with Crippen molar-refractivity contribution in [3.8, 4) is 6.07 Å². The molecule has 1 unspecified atom stereocenters. The monoisotopic (exact) mass is 239 g/mol. The van der Waals surface area contributed by atoms with Gasteiger partial charge in [-0.3, -0.25) is 0 Å². The zero-order valence-electron chi connectivity index (χ0n) is 8.43. The van der Waals surface area contributed by atoms with Gasteiger partial charge < -0.3 is 15.4 Å². The Kier molecular flexibility index (Phi) is 3.08. The number of nitrogens with two attached hydrogens (primary N) is 1. The summed E-state index contributed by atoms with van der Waals surface area (Å²) in [6.07, 6.45) is -0.441. The quantitative estimate of drug-likeness (QED) is 0.716.